The van der Waals surface area contributed by atoms with E-state index in [1.165, 1.54) is 12.1 Å². The molecule has 0 spiro atoms. The van der Waals surface area contributed by atoms with E-state index in [1.54, 1.807) is 6.07 Å². The predicted molar refractivity (Wildman–Crippen MR) is 70.4 cm³/mol. The maximum atomic E-state index is 13.1. The van der Waals surface area contributed by atoms with E-state index in [0.29, 0.717) is 12.1 Å². The molecule has 0 saturated heterocycles. The lowest BCUT2D eigenvalue weighted by molar-refractivity contribution is 0.491. The summed E-state index contributed by atoms with van der Waals surface area (Å²) in [5, 5.41) is 3.19. The quantitative estimate of drug-likeness (QED) is 0.902. The van der Waals surface area contributed by atoms with Gasteiger partial charge in [-0.25, -0.2) is 13.2 Å². The summed E-state index contributed by atoms with van der Waals surface area (Å²) in [7, 11) is 0. The van der Waals surface area contributed by atoms with Crippen molar-refractivity contribution in [1.82, 2.24) is 10.3 Å². The lowest BCUT2D eigenvalue weighted by Gasteiger charge is -2.16. The molecule has 0 bridgehead atoms. The second-order valence-electron chi connectivity index (χ2n) is 4.49. The Labute approximate surface area is 115 Å². The number of nitrogens with one attached hydrogen (secondary N) is 1. The molecular formula is C15H15F3N2. The maximum Gasteiger partial charge on any atom is 0.159 e. The molecule has 0 aliphatic rings. The standard InChI is InChI=1S/C15H15F3N2/c1-2-14(15-6-4-11(16)9-20-15)19-8-10-3-5-12(17)13(18)7-10/h3-7,9,14,19H,2,8H2,1H3. The average molecular weight is 280 g/mol. The minimum Gasteiger partial charge on any atom is -0.305 e. The summed E-state index contributed by atoms with van der Waals surface area (Å²) in [5.74, 6) is -2.11. The van der Waals surface area contributed by atoms with E-state index in [0.717, 1.165) is 30.4 Å². The molecule has 0 aliphatic heterocycles. The van der Waals surface area contributed by atoms with Gasteiger partial charge < -0.3 is 5.32 Å². The molecule has 0 radical (unpaired) electrons. The van der Waals surface area contributed by atoms with Crippen LogP contribution in [0, 0.1) is 17.5 Å². The van der Waals surface area contributed by atoms with E-state index in [1.807, 2.05) is 6.92 Å². The topological polar surface area (TPSA) is 24.9 Å². The predicted octanol–water partition coefficient (Wildman–Crippen LogP) is 3.74. The third-order valence-corrected chi connectivity index (χ3v) is 3.05. The molecule has 1 aromatic carbocycles. The minimum atomic E-state index is -0.864. The van der Waals surface area contributed by atoms with Gasteiger partial charge >= 0.3 is 0 Å². The van der Waals surface area contributed by atoms with E-state index in [2.05, 4.69) is 10.3 Å². The Hall–Kier alpha value is -1.88. The molecule has 2 aromatic rings. The van der Waals surface area contributed by atoms with Crippen molar-refractivity contribution < 1.29 is 13.2 Å². The van der Waals surface area contributed by atoms with Crippen molar-refractivity contribution in [2.24, 2.45) is 0 Å². The number of hydrogen-bond donors (Lipinski definition) is 1. The highest BCUT2D eigenvalue weighted by atomic mass is 19.2. The third kappa shape index (κ3) is 3.57. The van der Waals surface area contributed by atoms with Crippen LogP contribution in [0.4, 0.5) is 13.2 Å². The smallest absolute Gasteiger partial charge is 0.159 e. The maximum absolute atomic E-state index is 13.1. The number of nitrogens with zero attached hydrogens (tertiary/aromatic N) is 1. The summed E-state index contributed by atoms with van der Waals surface area (Å²) < 4.78 is 38.7. The Kier molecular flexibility index (Phi) is 4.74. The molecule has 2 rings (SSSR count). The summed E-state index contributed by atoms with van der Waals surface area (Å²) in [6, 6.07) is 6.68. The number of pyridine rings is 1. The number of hydrogen-bond acceptors (Lipinski definition) is 2. The molecule has 2 nitrogen and oxygen atoms in total. The zero-order chi connectivity index (χ0) is 14.5. The Balaban J connectivity index is 2.03. The van der Waals surface area contributed by atoms with Gasteiger partial charge in [0.1, 0.15) is 5.82 Å². The van der Waals surface area contributed by atoms with Crippen molar-refractivity contribution in [1.29, 1.82) is 0 Å². The zero-order valence-corrected chi connectivity index (χ0v) is 11.0. The van der Waals surface area contributed by atoms with Crippen molar-refractivity contribution in [3.8, 4) is 0 Å². The fraction of sp³-hybridized carbons (Fsp3) is 0.267. The van der Waals surface area contributed by atoms with Crippen LogP contribution in [-0.4, -0.2) is 4.98 Å². The van der Waals surface area contributed by atoms with Crippen LogP contribution < -0.4 is 5.32 Å². The van der Waals surface area contributed by atoms with Crippen LogP contribution in [0.5, 0.6) is 0 Å². The zero-order valence-electron chi connectivity index (χ0n) is 11.0. The fourth-order valence-electron chi connectivity index (χ4n) is 1.94. The van der Waals surface area contributed by atoms with Crippen LogP contribution in [0.1, 0.15) is 30.6 Å². The van der Waals surface area contributed by atoms with Gasteiger partial charge in [0.15, 0.2) is 11.6 Å². The molecule has 1 N–H and O–H groups in total. The second kappa shape index (κ2) is 6.52. The van der Waals surface area contributed by atoms with E-state index in [9.17, 15) is 13.2 Å². The van der Waals surface area contributed by atoms with Crippen LogP contribution in [0.25, 0.3) is 0 Å². The molecule has 0 amide bonds. The highest BCUT2D eigenvalue weighted by Crippen LogP contribution is 2.16. The van der Waals surface area contributed by atoms with Crippen molar-refractivity contribution in [2.75, 3.05) is 0 Å². The SMILES string of the molecule is CCC(NCc1ccc(F)c(F)c1)c1ccc(F)cn1. The molecule has 106 valence electrons. The highest BCUT2D eigenvalue weighted by molar-refractivity contribution is 5.18. The van der Waals surface area contributed by atoms with Gasteiger partial charge in [-0.1, -0.05) is 13.0 Å². The van der Waals surface area contributed by atoms with Gasteiger partial charge in [-0.2, -0.15) is 0 Å². The van der Waals surface area contributed by atoms with Crippen molar-refractivity contribution in [2.45, 2.75) is 25.9 Å². The van der Waals surface area contributed by atoms with Crippen LogP contribution in [-0.2, 0) is 6.54 Å². The number of halogens is 3. The minimum absolute atomic E-state index is 0.0660. The van der Waals surface area contributed by atoms with Gasteiger partial charge in [0.05, 0.1) is 11.9 Å². The molecule has 1 atom stereocenters. The first-order valence-corrected chi connectivity index (χ1v) is 6.39. The summed E-state index contributed by atoms with van der Waals surface area (Å²) in [6.45, 7) is 2.35. The van der Waals surface area contributed by atoms with Gasteiger partial charge in [-0.15, -0.1) is 0 Å². The number of rotatable bonds is 5. The van der Waals surface area contributed by atoms with Crippen molar-refractivity contribution in [3.05, 3.63) is 65.2 Å². The van der Waals surface area contributed by atoms with E-state index in [-0.39, 0.29) is 11.9 Å². The molecule has 0 fully saturated rings. The summed E-state index contributed by atoms with van der Waals surface area (Å²) in [6.07, 6.45) is 1.92. The van der Waals surface area contributed by atoms with Gasteiger partial charge in [-0.3, -0.25) is 4.98 Å². The van der Waals surface area contributed by atoms with Crippen LogP contribution in [0.15, 0.2) is 36.5 Å². The molecule has 1 unspecified atom stereocenters. The van der Waals surface area contributed by atoms with E-state index < -0.39 is 11.6 Å². The second-order valence-corrected chi connectivity index (χ2v) is 4.49. The lowest BCUT2D eigenvalue weighted by Crippen LogP contribution is -2.21. The van der Waals surface area contributed by atoms with Gasteiger partial charge in [0.2, 0.25) is 0 Å². The van der Waals surface area contributed by atoms with Crippen molar-refractivity contribution >= 4 is 0 Å². The number of aromatic nitrogens is 1. The normalized spacial score (nSPS) is 12.4. The Morgan fingerprint density at radius 2 is 1.90 bits per heavy atom. The summed E-state index contributed by atoms with van der Waals surface area (Å²) >= 11 is 0. The summed E-state index contributed by atoms with van der Waals surface area (Å²) in [5.41, 5.74) is 1.36. The molecule has 0 saturated carbocycles. The fourth-order valence-corrected chi connectivity index (χ4v) is 1.94. The monoisotopic (exact) mass is 280 g/mol. The van der Waals surface area contributed by atoms with Crippen molar-refractivity contribution in [3.63, 3.8) is 0 Å². The van der Waals surface area contributed by atoms with Gasteiger partial charge in [0.25, 0.3) is 0 Å². The first kappa shape index (κ1) is 14.5. The molecule has 0 aliphatic carbocycles. The Morgan fingerprint density at radius 1 is 1.10 bits per heavy atom. The van der Waals surface area contributed by atoms with E-state index >= 15 is 0 Å². The van der Waals surface area contributed by atoms with Crippen LogP contribution >= 0.6 is 0 Å². The van der Waals surface area contributed by atoms with Crippen LogP contribution in [0.3, 0.4) is 0 Å². The molecule has 1 aromatic heterocycles. The van der Waals surface area contributed by atoms with Gasteiger partial charge in [0, 0.05) is 12.6 Å². The Morgan fingerprint density at radius 3 is 2.50 bits per heavy atom. The van der Waals surface area contributed by atoms with Crippen LogP contribution in [0.2, 0.25) is 0 Å². The highest BCUT2D eigenvalue weighted by Gasteiger charge is 2.11. The Bertz CT molecular complexity index is 570. The molecular weight excluding hydrogens is 265 g/mol. The lowest BCUT2D eigenvalue weighted by atomic mass is 10.1. The first-order valence-electron chi connectivity index (χ1n) is 6.39. The third-order valence-electron chi connectivity index (χ3n) is 3.05. The molecule has 5 heteroatoms. The average Bonchev–Trinajstić information content (AvgIpc) is 2.45. The molecule has 20 heavy (non-hydrogen) atoms. The first-order chi connectivity index (χ1) is 9.60. The number of benzene rings is 1. The molecule has 1 heterocycles. The van der Waals surface area contributed by atoms with Gasteiger partial charge in [-0.05, 0) is 36.2 Å². The van der Waals surface area contributed by atoms with E-state index in [4.69, 9.17) is 0 Å². The largest absolute Gasteiger partial charge is 0.305 e. The summed E-state index contributed by atoms with van der Waals surface area (Å²) in [4.78, 5) is 4.02.